The third-order valence-corrected chi connectivity index (χ3v) is 11.4. The van der Waals surface area contributed by atoms with E-state index < -0.39 is 28.6 Å². The van der Waals surface area contributed by atoms with Crippen molar-refractivity contribution in [2.24, 2.45) is 11.8 Å². The van der Waals surface area contributed by atoms with Gasteiger partial charge in [-0.1, -0.05) is 20.3 Å². The zero-order chi connectivity index (χ0) is 18.3. The van der Waals surface area contributed by atoms with Crippen LogP contribution in [0.1, 0.15) is 39.5 Å². The molecule has 0 aliphatic rings. The Morgan fingerprint density at radius 2 is 1.26 bits per heavy atom. The fourth-order valence-electron chi connectivity index (χ4n) is 2.81. The largest absolute Gasteiger partial charge is 0.481 e. The number of rotatable bonds is 12. The third-order valence-electron chi connectivity index (χ3n) is 3.96. The first-order chi connectivity index (χ1) is 10.3. The van der Waals surface area contributed by atoms with Gasteiger partial charge in [-0.2, -0.15) is 0 Å². The van der Waals surface area contributed by atoms with Gasteiger partial charge in [-0.05, 0) is 56.5 Å². The molecule has 5 nitrogen and oxygen atoms in total. The van der Waals surface area contributed by atoms with Crippen molar-refractivity contribution in [3.05, 3.63) is 0 Å². The average Bonchev–Trinajstić information content (AvgIpc) is 2.31. The van der Waals surface area contributed by atoms with Gasteiger partial charge in [0.1, 0.15) is 0 Å². The molecule has 0 saturated carbocycles. The normalized spacial score (nSPS) is 12.9. The van der Waals surface area contributed by atoms with Crippen molar-refractivity contribution in [2.75, 3.05) is 0 Å². The van der Waals surface area contributed by atoms with E-state index in [9.17, 15) is 9.59 Å². The average molecular weight is 363 g/mol. The van der Waals surface area contributed by atoms with Gasteiger partial charge < -0.3 is 14.3 Å². The maximum Gasteiger partial charge on any atom is 0.303 e. The Labute approximate surface area is 142 Å². The van der Waals surface area contributed by atoms with Crippen molar-refractivity contribution in [2.45, 2.75) is 77.8 Å². The van der Waals surface area contributed by atoms with E-state index in [0.717, 1.165) is 12.1 Å². The number of hydrogen-bond donors (Lipinski definition) is 2. The summed E-state index contributed by atoms with van der Waals surface area (Å²) in [6.45, 7) is 13.3. The minimum Gasteiger partial charge on any atom is -0.481 e. The van der Waals surface area contributed by atoms with E-state index in [1.165, 1.54) is 6.42 Å². The molecule has 0 amide bonds. The van der Waals surface area contributed by atoms with Crippen molar-refractivity contribution in [3.63, 3.8) is 0 Å². The molecule has 7 heteroatoms. The lowest BCUT2D eigenvalue weighted by atomic mass is 9.99. The molecule has 0 rings (SSSR count). The topological polar surface area (TPSA) is 83.8 Å². The third kappa shape index (κ3) is 12.4. The molecule has 0 aliphatic heterocycles. The Morgan fingerprint density at radius 1 is 0.870 bits per heavy atom. The first kappa shape index (κ1) is 22.3. The van der Waals surface area contributed by atoms with E-state index in [2.05, 4.69) is 40.0 Å². The molecule has 0 aromatic rings. The maximum absolute atomic E-state index is 10.9. The number of carboxylic acids is 2. The van der Waals surface area contributed by atoms with Crippen LogP contribution in [0.25, 0.3) is 0 Å². The van der Waals surface area contributed by atoms with Gasteiger partial charge >= 0.3 is 11.9 Å². The lowest BCUT2D eigenvalue weighted by Crippen LogP contribution is -2.44. The van der Waals surface area contributed by atoms with Crippen molar-refractivity contribution in [1.29, 1.82) is 0 Å². The van der Waals surface area contributed by atoms with E-state index in [1.807, 2.05) is 0 Å². The second-order valence-corrected chi connectivity index (χ2v) is 17.0. The molecular weight excluding hydrogens is 328 g/mol. The number of carbonyl (C=O) groups is 2. The highest BCUT2D eigenvalue weighted by atomic mass is 28.4. The predicted octanol–water partition coefficient (Wildman–Crippen LogP) is 4.42. The van der Waals surface area contributed by atoms with Crippen molar-refractivity contribution < 1.29 is 23.9 Å². The van der Waals surface area contributed by atoms with E-state index in [0.29, 0.717) is 12.3 Å². The Bertz CT molecular complexity index is 378. The molecule has 2 N–H and O–H groups in total. The van der Waals surface area contributed by atoms with Crippen LogP contribution in [0.3, 0.4) is 0 Å². The SMILES string of the molecule is CC(C)CC[Si](C)(C)O[Si](C)(C)CCC(CC(=O)O)CC(=O)O. The second-order valence-electron chi connectivity index (χ2n) is 8.15. The zero-order valence-electron chi connectivity index (χ0n) is 15.5. The van der Waals surface area contributed by atoms with Crippen LogP contribution < -0.4 is 0 Å². The van der Waals surface area contributed by atoms with Crippen LogP contribution in [0.5, 0.6) is 0 Å². The Morgan fingerprint density at radius 3 is 1.61 bits per heavy atom. The van der Waals surface area contributed by atoms with E-state index in [-0.39, 0.29) is 18.8 Å². The van der Waals surface area contributed by atoms with Gasteiger partial charge in [-0.3, -0.25) is 9.59 Å². The van der Waals surface area contributed by atoms with Gasteiger partial charge in [0.2, 0.25) is 0 Å². The van der Waals surface area contributed by atoms with Crippen LogP contribution in [-0.4, -0.2) is 38.8 Å². The summed E-state index contributed by atoms with van der Waals surface area (Å²) in [7, 11) is -3.61. The molecule has 0 fully saturated rings. The molecule has 136 valence electrons. The standard InChI is InChI=1S/C16H34O5Si2/c1-13(2)7-9-22(3,4)21-23(5,6)10-8-14(11-15(17)18)12-16(19)20/h13-14H,7-12H2,1-6H3,(H,17,18)(H,19,20). The molecule has 0 aliphatic carbocycles. The highest BCUT2D eigenvalue weighted by Gasteiger charge is 2.33. The summed E-state index contributed by atoms with van der Waals surface area (Å²) in [5.74, 6) is -1.49. The lowest BCUT2D eigenvalue weighted by molar-refractivity contribution is -0.140. The number of aliphatic carboxylic acids is 2. The van der Waals surface area contributed by atoms with Gasteiger partial charge in [-0.15, -0.1) is 0 Å². The van der Waals surface area contributed by atoms with Crippen molar-refractivity contribution in [3.8, 4) is 0 Å². The molecular formula is C16H34O5Si2. The Kier molecular flexibility index (Phi) is 9.31. The van der Waals surface area contributed by atoms with Gasteiger partial charge in [0.25, 0.3) is 0 Å². The Balaban J connectivity index is 4.56. The number of hydrogen-bond acceptors (Lipinski definition) is 3. The van der Waals surface area contributed by atoms with Crippen LogP contribution in [0.4, 0.5) is 0 Å². The van der Waals surface area contributed by atoms with Crippen LogP contribution in [0, 0.1) is 11.8 Å². The fourth-order valence-corrected chi connectivity index (χ4v) is 12.0. The summed E-state index contributed by atoms with van der Waals surface area (Å²) in [6, 6.07) is 1.95. The number of carboxylic acid groups (broad SMARTS) is 2. The monoisotopic (exact) mass is 362 g/mol. The van der Waals surface area contributed by atoms with Gasteiger partial charge in [0, 0.05) is 12.8 Å². The lowest BCUT2D eigenvalue weighted by Gasteiger charge is -2.35. The molecule has 0 bridgehead atoms. The highest BCUT2D eigenvalue weighted by Crippen LogP contribution is 2.28. The molecule has 0 saturated heterocycles. The van der Waals surface area contributed by atoms with Crippen LogP contribution in [-0.2, 0) is 13.7 Å². The first-order valence-corrected chi connectivity index (χ1v) is 14.7. The van der Waals surface area contributed by atoms with Crippen molar-refractivity contribution >= 4 is 28.6 Å². The minimum atomic E-state index is -1.90. The van der Waals surface area contributed by atoms with E-state index >= 15 is 0 Å². The maximum atomic E-state index is 10.9. The summed E-state index contributed by atoms with van der Waals surface area (Å²) >= 11 is 0. The molecule has 0 spiro atoms. The first-order valence-electron chi connectivity index (χ1n) is 8.47. The van der Waals surface area contributed by atoms with Crippen LogP contribution in [0.15, 0.2) is 0 Å². The minimum absolute atomic E-state index is 0.0784. The van der Waals surface area contributed by atoms with Gasteiger partial charge in [0.15, 0.2) is 16.6 Å². The predicted molar refractivity (Wildman–Crippen MR) is 97.7 cm³/mol. The summed E-state index contributed by atoms with van der Waals surface area (Å²) in [6.07, 6.45) is 1.63. The molecule has 0 aromatic heterocycles. The van der Waals surface area contributed by atoms with Crippen LogP contribution in [0.2, 0.25) is 38.3 Å². The van der Waals surface area contributed by atoms with Gasteiger partial charge in [0.05, 0.1) is 0 Å². The van der Waals surface area contributed by atoms with Gasteiger partial charge in [-0.25, -0.2) is 0 Å². The second kappa shape index (κ2) is 9.59. The Hall–Kier alpha value is -0.666. The summed E-state index contributed by atoms with van der Waals surface area (Å²) in [5, 5.41) is 17.9. The molecule has 0 radical (unpaired) electrons. The van der Waals surface area contributed by atoms with Crippen LogP contribution >= 0.6 is 0 Å². The fraction of sp³-hybridized carbons (Fsp3) is 0.875. The quantitative estimate of drug-likeness (QED) is 0.502. The molecule has 23 heavy (non-hydrogen) atoms. The van der Waals surface area contributed by atoms with Crippen molar-refractivity contribution in [1.82, 2.24) is 0 Å². The van der Waals surface area contributed by atoms with E-state index in [1.54, 1.807) is 0 Å². The molecule has 0 atom stereocenters. The summed E-state index contributed by atoms with van der Waals surface area (Å²) in [5.41, 5.74) is 0. The summed E-state index contributed by atoms with van der Waals surface area (Å²) in [4.78, 5) is 21.8. The van der Waals surface area contributed by atoms with E-state index in [4.69, 9.17) is 14.3 Å². The highest BCUT2D eigenvalue weighted by molar-refractivity contribution is 6.84. The molecule has 0 aromatic carbocycles. The summed E-state index contributed by atoms with van der Waals surface area (Å²) < 4.78 is 6.52. The zero-order valence-corrected chi connectivity index (χ0v) is 17.5. The molecule has 0 unspecified atom stereocenters. The molecule has 0 heterocycles. The smallest absolute Gasteiger partial charge is 0.303 e.